The lowest BCUT2D eigenvalue weighted by Crippen LogP contribution is -2.31. The number of anilines is 1. The van der Waals surface area contributed by atoms with Gasteiger partial charge in [-0.1, -0.05) is 0 Å². The van der Waals surface area contributed by atoms with Crippen molar-refractivity contribution >= 4 is 17.5 Å². The summed E-state index contributed by atoms with van der Waals surface area (Å²) in [5.41, 5.74) is 5.86. The van der Waals surface area contributed by atoms with Crippen LogP contribution in [0, 0.1) is 5.82 Å². The van der Waals surface area contributed by atoms with E-state index in [2.05, 4.69) is 5.32 Å². The lowest BCUT2D eigenvalue weighted by molar-refractivity contribution is -0.122. The molecular formula is C17H17FN2O4. The molecule has 126 valence electrons. The van der Waals surface area contributed by atoms with Crippen molar-refractivity contribution in [3.8, 4) is 11.5 Å². The van der Waals surface area contributed by atoms with Gasteiger partial charge in [0, 0.05) is 11.8 Å². The van der Waals surface area contributed by atoms with Gasteiger partial charge in [-0.2, -0.15) is 0 Å². The third-order valence-corrected chi connectivity index (χ3v) is 3.24. The monoisotopic (exact) mass is 332 g/mol. The largest absolute Gasteiger partial charge is 0.497 e. The van der Waals surface area contributed by atoms with E-state index in [1.807, 2.05) is 0 Å². The highest BCUT2D eigenvalue weighted by atomic mass is 19.1. The van der Waals surface area contributed by atoms with E-state index in [0.29, 0.717) is 11.4 Å². The minimum atomic E-state index is -0.916. The van der Waals surface area contributed by atoms with Crippen molar-refractivity contribution in [3.05, 3.63) is 53.8 Å². The number of benzene rings is 2. The lowest BCUT2D eigenvalue weighted by Gasteiger charge is -2.17. The maximum Gasteiger partial charge on any atom is 0.265 e. The quantitative estimate of drug-likeness (QED) is 0.849. The predicted octanol–water partition coefficient (Wildman–Crippen LogP) is 2.34. The van der Waals surface area contributed by atoms with E-state index in [9.17, 15) is 14.0 Å². The first-order valence-electron chi connectivity index (χ1n) is 7.11. The first kappa shape index (κ1) is 17.3. The van der Waals surface area contributed by atoms with Crippen LogP contribution >= 0.6 is 0 Å². The van der Waals surface area contributed by atoms with E-state index in [1.165, 1.54) is 50.4 Å². The van der Waals surface area contributed by atoms with Crippen molar-refractivity contribution in [1.82, 2.24) is 0 Å². The van der Waals surface area contributed by atoms with Gasteiger partial charge in [-0.25, -0.2) is 4.39 Å². The molecule has 0 saturated heterocycles. The second-order valence-electron chi connectivity index (χ2n) is 4.98. The van der Waals surface area contributed by atoms with E-state index in [1.54, 1.807) is 6.07 Å². The van der Waals surface area contributed by atoms with Crippen molar-refractivity contribution < 1.29 is 23.5 Å². The molecule has 1 atom stereocenters. The number of primary amides is 1. The van der Waals surface area contributed by atoms with Gasteiger partial charge in [-0.15, -0.1) is 0 Å². The second kappa shape index (κ2) is 7.45. The average Bonchev–Trinajstić information content (AvgIpc) is 2.56. The number of carbonyl (C=O) groups is 2. The molecular weight excluding hydrogens is 315 g/mol. The number of hydrogen-bond donors (Lipinski definition) is 2. The standard InChI is InChI=1S/C17H17FN2O4/c1-10(17(22)20-12-5-3-11(18)4-6-12)24-15-9-13(23-2)7-8-14(15)16(19)21/h3-10H,1-2H3,(H2,19,21)(H,20,22). The Hall–Kier alpha value is -3.09. The summed E-state index contributed by atoms with van der Waals surface area (Å²) in [5.74, 6) is -0.942. The Labute approximate surface area is 138 Å². The van der Waals surface area contributed by atoms with Crippen LogP contribution in [0.25, 0.3) is 0 Å². The number of nitrogens with two attached hydrogens (primary N) is 1. The lowest BCUT2D eigenvalue weighted by atomic mass is 10.1. The van der Waals surface area contributed by atoms with Gasteiger partial charge < -0.3 is 20.5 Å². The third kappa shape index (κ3) is 4.22. The van der Waals surface area contributed by atoms with Crippen molar-refractivity contribution in [2.75, 3.05) is 12.4 Å². The van der Waals surface area contributed by atoms with Crippen molar-refractivity contribution in [2.24, 2.45) is 5.73 Å². The molecule has 0 aromatic heterocycles. The molecule has 0 bridgehead atoms. The topological polar surface area (TPSA) is 90.7 Å². The number of amides is 2. The van der Waals surface area contributed by atoms with Crippen LogP contribution in [0.15, 0.2) is 42.5 Å². The minimum Gasteiger partial charge on any atom is -0.497 e. The Morgan fingerprint density at radius 3 is 2.42 bits per heavy atom. The second-order valence-corrected chi connectivity index (χ2v) is 4.98. The molecule has 0 aliphatic carbocycles. The predicted molar refractivity (Wildman–Crippen MR) is 86.6 cm³/mol. The fourth-order valence-corrected chi connectivity index (χ4v) is 1.95. The zero-order chi connectivity index (χ0) is 17.7. The maximum absolute atomic E-state index is 12.9. The molecule has 2 amide bonds. The smallest absolute Gasteiger partial charge is 0.265 e. The maximum atomic E-state index is 12.9. The SMILES string of the molecule is COc1ccc(C(N)=O)c(OC(C)C(=O)Nc2ccc(F)cc2)c1. The first-order chi connectivity index (χ1) is 11.4. The molecule has 2 aromatic carbocycles. The molecule has 1 unspecified atom stereocenters. The van der Waals surface area contributed by atoms with Gasteiger partial charge in [0.1, 0.15) is 17.3 Å². The Bertz CT molecular complexity index is 747. The molecule has 0 aliphatic heterocycles. The molecule has 0 saturated carbocycles. The van der Waals surface area contributed by atoms with Gasteiger partial charge >= 0.3 is 0 Å². The highest BCUT2D eigenvalue weighted by Crippen LogP contribution is 2.25. The summed E-state index contributed by atoms with van der Waals surface area (Å²) in [7, 11) is 1.47. The molecule has 0 spiro atoms. The van der Waals surface area contributed by atoms with Gasteiger partial charge in [-0.05, 0) is 43.3 Å². The fourth-order valence-electron chi connectivity index (χ4n) is 1.95. The van der Waals surface area contributed by atoms with Crippen molar-refractivity contribution in [2.45, 2.75) is 13.0 Å². The van der Waals surface area contributed by atoms with Gasteiger partial charge in [0.25, 0.3) is 11.8 Å². The highest BCUT2D eigenvalue weighted by molar-refractivity contribution is 5.97. The number of methoxy groups -OCH3 is 1. The van der Waals surface area contributed by atoms with Crippen LogP contribution in [0.4, 0.5) is 10.1 Å². The number of nitrogens with one attached hydrogen (secondary N) is 1. The van der Waals surface area contributed by atoms with Crippen LogP contribution in [0.3, 0.4) is 0 Å². The molecule has 0 fully saturated rings. The Balaban J connectivity index is 2.13. The molecule has 7 heteroatoms. The van der Waals surface area contributed by atoms with E-state index >= 15 is 0 Å². The van der Waals surface area contributed by atoms with Gasteiger partial charge in [-0.3, -0.25) is 9.59 Å². The summed E-state index contributed by atoms with van der Waals surface area (Å²) >= 11 is 0. The molecule has 0 heterocycles. The third-order valence-electron chi connectivity index (χ3n) is 3.24. The van der Waals surface area contributed by atoms with Crippen LogP contribution in [-0.2, 0) is 4.79 Å². The molecule has 3 N–H and O–H groups in total. The summed E-state index contributed by atoms with van der Waals surface area (Å²) in [6.45, 7) is 1.52. The molecule has 6 nitrogen and oxygen atoms in total. The van der Waals surface area contributed by atoms with Gasteiger partial charge in [0.2, 0.25) is 0 Å². The summed E-state index contributed by atoms with van der Waals surface area (Å²) in [6.07, 6.45) is -0.916. The van der Waals surface area contributed by atoms with Crippen LogP contribution in [0.1, 0.15) is 17.3 Å². The normalized spacial score (nSPS) is 11.5. The molecule has 0 aliphatic rings. The van der Waals surface area contributed by atoms with E-state index in [4.69, 9.17) is 15.2 Å². The van der Waals surface area contributed by atoms with E-state index in [-0.39, 0.29) is 11.3 Å². The fraction of sp³-hybridized carbons (Fsp3) is 0.176. The van der Waals surface area contributed by atoms with Crippen LogP contribution in [0.5, 0.6) is 11.5 Å². The summed E-state index contributed by atoms with van der Waals surface area (Å²) in [6, 6.07) is 9.82. The van der Waals surface area contributed by atoms with Crippen LogP contribution < -0.4 is 20.5 Å². The highest BCUT2D eigenvalue weighted by Gasteiger charge is 2.19. The minimum absolute atomic E-state index is 0.136. The zero-order valence-electron chi connectivity index (χ0n) is 13.2. The van der Waals surface area contributed by atoms with Crippen LogP contribution in [0.2, 0.25) is 0 Å². The van der Waals surface area contributed by atoms with E-state index < -0.39 is 23.7 Å². The van der Waals surface area contributed by atoms with Gasteiger partial charge in [0.15, 0.2) is 6.10 Å². The zero-order valence-corrected chi connectivity index (χ0v) is 13.2. The number of rotatable bonds is 6. The average molecular weight is 332 g/mol. The summed E-state index contributed by atoms with van der Waals surface area (Å²) in [4.78, 5) is 23.6. The molecule has 2 aromatic rings. The molecule has 24 heavy (non-hydrogen) atoms. The number of carbonyl (C=O) groups excluding carboxylic acids is 2. The molecule has 2 rings (SSSR count). The number of halogens is 1. The summed E-state index contributed by atoms with van der Waals surface area (Å²) in [5, 5.41) is 2.59. The van der Waals surface area contributed by atoms with Crippen LogP contribution in [-0.4, -0.2) is 25.0 Å². The number of ether oxygens (including phenoxy) is 2. The Morgan fingerprint density at radius 2 is 1.83 bits per heavy atom. The first-order valence-corrected chi connectivity index (χ1v) is 7.11. The Morgan fingerprint density at radius 1 is 1.17 bits per heavy atom. The van der Waals surface area contributed by atoms with Gasteiger partial charge in [0.05, 0.1) is 12.7 Å². The van der Waals surface area contributed by atoms with Crippen molar-refractivity contribution in [3.63, 3.8) is 0 Å². The van der Waals surface area contributed by atoms with Crippen molar-refractivity contribution in [1.29, 1.82) is 0 Å². The summed E-state index contributed by atoms with van der Waals surface area (Å²) < 4.78 is 23.5. The molecule has 0 radical (unpaired) electrons. The van der Waals surface area contributed by atoms with E-state index in [0.717, 1.165) is 0 Å². The number of hydrogen-bond acceptors (Lipinski definition) is 4. The Kier molecular flexibility index (Phi) is 5.36.